The molecular weight excluding hydrogens is 507 g/mol. The first-order valence-electron chi connectivity index (χ1n) is 3.90. The summed E-state index contributed by atoms with van der Waals surface area (Å²) in [5.74, 6) is 0. The Morgan fingerprint density at radius 3 is 1.93 bits per heavy atom. The molecule has 0 aromatic rings. The normalized spacial score (nSPS) is 18.3. The van der Waals surface area contributed by atoms with Crippen LogP contribution in [0.15, 0.2) is 22.3 Å². The van der Waals surface area contributed by atoms with E-state index in [9.17, 15) is 0 Å². The van der Waals surface area contributed by atoms with Gasteiger partial charge in [-0.15, -0.1) is 0 Å². The SMILES string of the molecule is CP(C)O.[CH3][Ir]([CH3])([Br])([Br])[C]1=CC=CC1. The first kappa shape index (κ1) is 15.5. The number of halogens is 2. The van der Waals surface area contributed by atoms with Gasteiger partial charge in [0.15, 0.2) is 0 Å². The molecule has 1 aliphatic carbocycles. The summed E-state index contributed by atoms with van der Waals surface area (Å²) >= 11 is 7.62. The maximum absolute atomic E-state index is 8.12. The van der Waals surface area contributed by atoms with E-state index in [0.29, 0.717) is 0 Å². The van der Waals surface area contributed by atoms with Crippen LogP contribution in [0.4, 0.5) is 0 Å². The van der Waals surface area contributed by atoms with E-state index in [0.717, 1.165) is 6.42 Å². The van der Waals surface area contributed by atoms with E-state index in [4.69, 9.17) is 4.89 Å². The molecule has 0 unspecified atom stereocenters. The summed E-state index contributed by atoms with van der Waals surface area (Å²) in [5.41, 5.74) is 4.60. The van der Waals surface area contributed by atoms with Crippen molar-refractivity contribution >= 4 is 35.1 Å². The van der Waals surface area contributed by atoms with Crippen molar-refractivity contribution in [2.24, 2.45) is 0 Å². The number of hydrogen-bond donors (Lipinski definition) is 1. The molecule has 1 aliphatic rings. The van der Waals surface area contributed by atoms with Gasteiger partial charge in [-0.05, 0) is 13.3 Å². The molecule has 0 amide bonds. The molecule has 14 heavy (non-hydrogen) atoms. The van der Waals surface area contributed by atoms with Gasteiger partial charge in [0.1, 0.15) is 0 Å². The van der Waals surface area contributed by atoms with Gasteiger partial charge in [0.2, 0.25) is 0 Å². The molecule has 0 saturated carbocycles. The van der Waals surface area contributed by atoms with E-state index in [1.807, 2.05) is 0 Å². The van der Waals surface area contributed by atoms with Crippen molar-refractivity contribution in [3.8, 4) is 0 Å². The van der Waals surface area contributed by atoms with Gasteiger partial charge in [0.25, 0.3) is 0 Å². The van der Waals surface area contributed by atoms with Crippen molar-refractivity contribution in [2.75, 3.05) is 13.3 Å². The molecule has 1 nitrogen and oxygen atoms in total. The molecule has 1 N–H and O–H groups in total. The zero-order valence-corrected chi connectivity index (χ0v) is 15.4. The van der Waals surface area contributed by atoms with E-state index in [1.54, 1.807) is 17.4 Å². The van der Waals surface area contributed by atoms with Crippen molar-refractivity contribution in [3.05, 3.63) is 22.3 Å². The van der Waals surface area contributed by atoms with Crippen LogP contribution in [-0.2, 0) is 10.1 Å². The van der Waals surface area contributed by atoms with E-state index in [1.165, 1.54) is 0 Å². The van der Waals surface area contributed by atoms with Crippen LogP contribution in [0.1, 0.15) is 6.42 Å². The second-order valence-corrected chi connectivity index (χ2v) is 48.1. The van der Waals surface area contributed by atoms with Crippen LogP contribution in [0.5, 0.6) is 0 Å². The van der Waals surface area contributed by atoms with Crippen LogP contribution in [0.2, 0.25) is 10.9 Å². The Labute approximate surface area is 102 Å². The van der Waals surface area contributed by atoms with E-state index in [-0.39, 0.29) is 0 Å². The zero-order chi connectivity index (χ0) is 11.4. The predicted molar refractivity (Wildman–Crippen MR) is 72.4 cm³/mol. The fourth-order valence-corrected chi connectivity index (χ4v) is 6.92. The molecule has 0 aliphatic heterocycles. The zero-order valence-electron chi connectivity index (χ0n) is 8.92. The Morgan fingerprint density at radius 1 is 1.36 bits per heavy atom. The molecule has 0 aromatic carbocycles. The van der Waals surface area contributed by atoms with Crippen LogP contribution < -0.4 is 0 Å². The Hall–Kier alpha value is 1.48. The van der Waals surface area contributed by atoms with Crippen LogP contribution in [0.25, 0.3) is 0 Å². The van der Waals surface area contributed by atoms with Crippen molar-refractivity contribution in [3.63, 3.8) is 0 Å². The van der Waals surface area contributed by atoms with E-state index in [2.05, 4.69) is 56.1 Å². The minimum absolute atomic E-state index is 0.620. The first-order chi connectivity index (χ1) is 6.10. The van der Waals surface area contributed by atoms with Gasteiger partial charge in [-0.2, -0.15) is 0 Å². The average molecular weight is 525 g/mol. The molecule has 0 saturated heterocycles. The second-order valence-electron chi connectivity index (χ2n) is 3.41. The van der Waals surface area contributed by atoms with Crippen LogP contribution in [0.3, 0.4) is 0 Å². The Morgan fingerprint density at radius 2 is 1.79 bits per heavy atom. The van der Waals surface area contributed by atoms with Crippen LogP contribution >= 0.6 is 35.1 Å². The third kappa shape index (κ3) is 7.73. The molecule has 0 atom stereocenters. The summed E-state index contributed by atoms with van der Waals surface area (Å²) in [6.45, 7) is 3.57. The number of hydrogen-bond acceptors (Lipinski definition) is 1. The summed E-state index contributed by atoms with van der Waals surface area (Å²) in [5, 5.41) is 0. The molecule has 0 heterocycles. The van der Waals surface area contributed by atoms with E-state index >= 15 is 0 Å². The standard InChI is InChI=1S/C5H5.C2H7OP.2CH3.2BrH.Ir/c1-2-4-5-3-1;1-4(2)3;;;;;/h1-3H,4H2;3H,1-2H3;2*1H3;2*1H;/q;;;;;;+2/p-2. The molecule has 0 spiro atoms. The molecule has 0 fully saturated rings. The van der Waals surface area contributed by atoms with Gasteiger partial charge in [0, 0.05) is 8.15 Å². The van der Waals surface area contributed by atoms with Crippen LogP contribution in [0, 0.1) is 0 Å². The summed E-state index contributed by atoms with van der Waals surface area (Å²) in [7, 11) is -3.01. The number of rotatable bonds is 1. The van der Waals surface area contributed by atoms with Gasteiger partial charge >= 0.3 is 76.7 Å². The van der Waals surface area contributed by atoms with Crippen molar-refractivity contribution < 1.29 is 15.0 Å². The third-order valence-electron chi connectivity index (χ3n) is 1.30. The molecular formula is C9H18Br2IrOP. The van der Waals surface area contributed by atoms with E-state index < -0.39 is 18.2 Å². The monoisotopic (exact) mass is 524 g/mol. The second kappa shape index (κ2) is 5.70. The minimum atomic E-state index is -2.39. The van der Waals surface area contributed by atoms with Gasteiger partial charge < -0.3 is 4.89 Å². The first-order valence-corrected chi connectivity index (χ1v) is 22.5. The third-order valence-corrected chi connectivity index (χ3v) is 12.0. The Bertz CT molecular complexity index is 241. The quantitative estimate of drug-likeness (QED) is 0.485. The Balaban J connectivity index is 0.000000364. The summed E-state index contributed by atoms with van der Waals surface area (Å²) in [4.78, 5) is 8.12. The summed E-state index contributed by atoms with van der Waals surface area (Å²) < 4.78 is 1.55. The van der Waals surface area contributed by atoms with Crippen molar-refractivity contribution in [2.45, 2.75) is 17.3 Å². The molecule has 1 rings (SSSR count). The fourth-order valence-electron chi connectivity index (χ4n) is 0.752. The average Bonchev–Trinajstić information content (AvgIpc) is 2.29. The number of allylic oxidation sites excluding steroid dienone is 4. The fraction of sp³-hybridized carbons (Fsp3) is 0.556. The molecule has 0 bridgehead atoms. The van der Waals surface area contributed by atoms with Crippen molar-refractivity contribution in [1.29, 1.82) is 0 Å². The van der Waals surface area contributed by atoms with Crippen molar-refractivity contribution in [1.82, 2.24) is 0 Å². The predicted octanol–water partition coefficient (Wildman–Crippen LogP) is 4.87. The van der Waals surface area contributed by atoms with Crippen LogP contribution in [-0.4, -0.2) is 18.2 Å². The van der Waals surface area contributed by atoms with Gasteiger partial charge in [-0.25, -0.2) is 0 Å². The molecule has 88 valence electrons. The molecule has 5 heteroatoms. The topological polar surface area (TPSA) is 20.2 Å². The summed E-state index contributed by atoms with van der Waals surface area (Å²) in [6, 6.07) is 0. The maximum atomic E-state index is 8.12. The molecule has 0 aromatic heterocycles. The van der Waals surface area contributed by atoms with Gasteiger partial charge in [0.05, 0.1) is 0 Å². The van der Waals surface area contributed by atoms with Gasteiger partial charge in [-0.3, -0.25) is 0 Å². The summed E-state index contributed by atoms with van der Waals surface area (Å²) in [6.07, 6.45) is 7.68. The molecule has 0 radical (unpaired) electrons. The van der Waals surface area contributed by atoms with Gasteiger partial charge in [-0.1, -0.05) is 0 Å². The Kier molecular flexibility index (Phi) is 6.30.